The molecule has 4 rings (SSSR count). The second kappa shape index (κ2) is 14.1. The van der Waals surface area contributed by atoms with E-state index in [9.17, 15) is 24.3 Å². The summed E-state index contributed by atoms with van der Waals surface area (Å²) in [5.74, 6) is 2.34. The van der Waals surface area contributed by atoms with Crippen molar-refractivity contribution in [2.24, 2.45) is 11.0 Å². The Morgan fingerprint density at radius 2 is 2.08 bits per heavy atom. The number of nitrogens with two attached hydrogens (primary N) is 2. The summed E-state index contributed by atoms with van der Waals surface area (Å²) in [6.45, 7) is 1.26. The van der Waals surface area contributed by atoms with Crippen LogP contribution in [-0.4, -0.2) is 84.1 Å². The van der Waals surface area contributed by atoms with Gasteiger partial charge >= 0.3 is 5.97 Å². The number of carboxylic acid groups (broad SMARTS) is 1. The van der Waals surface area contributed by atoms with Gasteiger partial charge in [-0.2, -0.15) is 0 Å². The van der Waals surface area contributed by atoms with Crippen molar-refractivity contribution in [2.75, 3.05) is 23.8 Å². The van der Waals surface area contributed by atoms with E-state index in [1.165, 1.54) is 45.1 Å². The van der Waals surface area contributed by atoms with Crippen molar-refractivity contribution in [3.05, 3.63) is 27.4 Å². The summed E-state index contributed by atoms with van der Waals surface area (Å²) >= 11 is 5.11. The molecule has 212 valence electrons. The van der Waals surface area contributed by atoms with Crippen molar-refractivity contribution in [3.8, 4) is 0 Å². The fourth-order valence-corrected chi connectivity index (χ4v) is 7.14. The van der Waals surface area contributed by atoms with Crippen molar-refractivity contribution < 1.29 is 29.1 Å². The molecule has 1 saturated heterocycles. The summed E-state index contributed by atoms with van der Waals surface area (Å²) in [4.78, 5) is 59.4. The number of amides is 3. The molecule has 7 N–H and O–H groups in total. The fraction of sp³-hybridized carbons (Fsp3) is 0.333. The maximum atomic E-state index is 13.0. The molecule has 0 bridgehead atoms. The lowest BCUT2D eigenvalue weighted by atomic mass is 10.0. The maximum Gasteiger partial charge on any atom is 0.352 e. The highest BCUT2D eigenvalue weighted by atomic mass is 35.5. The number of halogens is 2. The van der Waals surface area contributed by atoms with Crippen molar-refractivity contribution in [3.63, 3.8) is 0 Å². The van der Waals surface area contributed by atoms with Gasteiger partial charge in [-0.05, 0) is 12.5 Å². The smallest absolute Gasteiger partial charge is 0.352 e. The summed E-state index contributed by atoms with van der Waals surface area (Å²) in [5.41, 5.74) is 7.72. The first-order valence-corrected chi connectivity index (χ1v) is 14.0. The number of hydrogen-bond donors (Lipinski definition) is 5. The molecular weight excluding hydrogens is 637 g/mol. The highest BCUT2D eigenvalue weighted by Crippen LogP contribution is 2.41. The van der Waals surface area contributed by atoms with Crippen LogP contribution in [0.2, 0.25) is 0 Å². The average molecular weight is 659 g/mol. The van der Waals surface area contributed by atoms with Gasteiger partial charge in [0.1, 0.15) is 27.8 Å². The summed E-state index contributed by atoms with van der Waals surface area (Å²) in [6.07, 6.45) is 0. The van der Waals surface area contributed by atoms with Crippen LogP contribution in [0.4, 0.5) is 5.13 Å². The van der Waals surface area contributed by atoms with E-state index >= 15 is 0 Å². The van der Waals surface area contributed by atoms with Gasteiger partial charge in [-0.1, -0.05) is 28.3 Å². The topological polar surface area (TPSA) is 228 Å². The Morgan fingerprint density at radius 3 is 2.67 bits per heavy atom. The molecule has 2 aromatic heterocycles. The molecule has 15 nitrogen and oxygen atoms in total. The standard InChI is InChI=1S/C18H19N9O6S4.2ClH/c1-6-24-25-18(37-6)36-4-7-3-34-15-11(14(30)27(15)12(7)16(31)32)22-13(29)10(8-5-35-17(19)21-8)26-33-2-9(28)23-20;;/h5,11,15H,2-4,20H2,1H3,(H2,19,21)(H,22,29)(H,23,28)(H,31,32);2*1H/b26-10+;;/t11?,15-;;/m1../s1. The number of aromatic nitrogens is 3. The van der Waals surface area contributed by atoms with Gasteiger partial charge in [-0.15, -0.1) is 58.1 Å². The molecule has 3 amide bonds. The molecule has 21 heteroatoms. The molecule has 39 heavy (non-hydrogen) atoms. The number of aryl methyl sites for hydroxylation is 1. The Kier molecular flexibility index (Phi) is 11.8. The van der Waals surface area contributed by atoms with E-state index in [0.717, 1.165) is 16.3 Å². The number of thioether (sulfide) groups is 2. The lowest BCUT2D eigenvalue weighted by molar-refractivity contribution is -0.150. The van der Waals surface area contributed by atoms with Crippen molar-refractivity contribution in [1.82, 2.24) is 30.8 Å². The third-order valence-corrected chi connectivity index (χ3v) is 8.98. The number of anilines is 1. The number of hydrogen-bond acceptors (Lipinski definition) is 15. The van der Waals surface area contributed by atoms with E-state index in [2.05, 4.69) is 25.7 Å². The normalized spacial score (nSPS) is 18.3. The van der Waals surface area contributed by atoms with Crippen molar-refractivity contribution >= 4 is 106 Å². The number of rotatable bonds is 10. The highest BCUT2D eigenvalue weighted by Gasteiger charge is 2.54. The average Bonchev–Trinajstić information content (AvgIpc) is 3.50. The third-order valence-electron chi connectivity index (χ3n) is 4.91. The molecule has 2 aliphatic rings. The van der Waals surface area contributed by atoms with E-state index in [1.807, 2.05) is 12.3 Å². The minimum absolute atomic E-state index is 0. The quantitative estimate of drug-likeness (QED) is 0.0565. The predicted octanol–water partition coefficient (Wildman–Crippen LogP) is -0.0297. The Bertz CT molecular complexity index is 1320. The Hall–Kier alpha value is -2.68. The second-order valence-corrected chi connectivity index (χ2v) is 11.7. The summed E-state index contributed by atoms with van der Waals surface area (Å²) < 4.78 is 0.697. The van der Waals surface area contributed by atoms with Crippen LogP contribution in [0.5, 0.6) is 0 Å². The first kappa shape index (κ1) is 32.5. The number of thiazole rings is 1. The molecule has 0 aliphatic carbocycles. The number of carboxylic acids is 1. The summed E-state index contributed by atoms with van der Waals surface area (Å²) in [5, 5.41) is 25.8. The lowest BCUT2D eigenvalue weighted by Crippen LogP contribution is -2.71. The predicted molar refractivity (Wildman–Crippen MR) is 151 cm³/mol. The minimum Gasteiger partial charge on any atom is -0.477 e. The molecule has 1 fully saturated rings. The van der Waals surface area contributed by atoms with Gasteiger partial charge < -0.3 is 21.0 Å². The molecule has 0 saturated carbocycles. The van der Waals surface area contributed by atoms with Crippen LogP contribution in [0.25, 0.3) is 0 Å². The Labute approximate surface area is 249 Å². The van der Waals surface area contributed by atoms with Crippen molar-refractivity contribution in [2.45, 2.75) is 22.7 Å². The molecule has 2 atom stereocenters. The van der Waals surface area contributed by atoms with Gasteiger partial charge in [0.15, 0.2) is 21.8 Å². The van der Waals surface area contributed by atoms with Gasteiger partial charge in [-0.3, -0.25) is 24.7 Å². The molecular formula is C18H21Cl2N9O6S4. The van der Waals surface area contributed by atoms with Gasteiger partial charge in [0.25, 0.3) is 17.7 Å². The van der Waals surface area contributed by atoms with Crippen LogP contribution in [0.1, 0.15) is 10.7 Å². The first-order chi connectivity index (χ1) is 17.7. The van der Waals surface area contributed by atoms with Crippen LogP contribution in [0, 0.1) is 6.92 Å². The van der Waals surface area contributed by atoms with Crippen LogP contribution in [-0.2, 0) is 24.0 Å². The Morgan fingerprint density at radius 1 is 1.33 bits per heavy atom. The zero-order valence-corrected chi connectivity index (χ0v) is 24.6. The molecule has 0 aromatic carbocycles. The van der Waals surface area contributed by atoms with Crippen LogP contribution in [0.3, 0.4) is 0 Å². The molecule has 1 unspecified atom stereocenters. The van der Waals surface area contributed by atoms with Crippen LogP contribution in [0.15, 0.2) is 26.1 Å². The number of β-lactam (4-membered cyclic amide) rings is 1. The number of carbonyl (C=O) groups is 4. The monoisotopic (exact) mass is 657 g/mol. The number of fused-ring (bicyclic) bond motifs is 1. The number of aliphatic carboxylic acids is 1. The van der Waals surface area contributed by atoms with Crippen LogP contribution >= 0.6 is 71.0 Å². The number of nitrogens with zero attached hydrogens (tertiary/aromatic N) is 5. The number of carbonyl (C=O) groups excluding carboxylic acids is 3. The van der Waals surface area contributed by atoms with E-state index in [4.69, 9.17) is 16.4 Å². The number of oxime groups is 1. The third kappa shape index (κ3) is 7.29. The summed E-state index contributed by atoms with van der Waals surface area (Å²) in [7, 11) is 0. The van der Waals surface area contributed by atoms with Gasteiger partial charge in [0, 0.05) is 16.9 Å². The van der Waals surface area contributed by atoms with Gasteiger partial charge in [-0.25, -0.2) is 15.6 Å². The number of nitrogen functional groups attached to an aromatic ring is 1. The second-order valence-electron chi connectivity index (χ2n) is 7.35. The number of nitrogens with one attached hydrogen (secondary N) is 2. The SMILES string of the molecule is Cc1nnc(SCC2=C(C(=O)O)N3C(=O)C(NC(=O)/C(=N/OCC(=O)NN)c4csc(N)n4)[C@H]3SC2)s1.Cl.Cl. The van der Waals surface area contributed by atoms with E-state index in [1.54, 1.807) is 0 Å². The van der Waals surface area contributed by atoms with Gasteiger partial charge in [0.05, 0.1) is 0 Å². The summed E-state index contributed by atoms with van der Waals surface area (Å²) in [6, 6.07) is -1.01. The van der Waals surface area contributed by atoms with E-state index in [0.29, 0.717) is 21.4 Å². The first-order valence-electron chi connectivity index (χ1n) is 10.2. The largest absolute Gasteiger partial charge is 0.477 e. The van der Waals surface area contributed by atoms with Gasteiger partial charge in [0.2, 0.25) is 0 Å². The van der Waals surface area contributed by atoms with E-state index < -0.39 is 41.7 Å². The fourth-order valence-electron chi connectivity index (χ4n) is 3.29. The molecule has 4 heterocycles. The molecule has 2 aromatic rings. The molecule has 2 aliphatic heterocycles. The minimum atomic E-state index is -1.24. The zero-order valence-electron chi connectivity index (χ0n) is 19.7. The lowest BCUT2D eigenvalue weighted by Gasteiger charge is -2.49. The molecule has 0 spiro atoms. The van der Waals surface area contributed by atoms with Crippen LogP contribution < -0.4 is 22.3 Å². The highest BCUT2D eigenvalue weighted by molar-refractivity contribution is 8.01. The van der Waals surface area contributed by atoms with E-state index in [-0.39, 0.29) is 47.0 Å². The Balaban J connectivity index is 0.00000267. The molecule has 0 radical (unpaired) electrons. The maximum absolute atomic E-state index is 13.0. The zero-order chi connectivity index (χ0) is 26.7. The number of hydrazine groups is 1. The van der Waals surface area contributed by atoms with Crippen molar-refractivity contribution in [1.29, 1.82) is 0 Å².